The highest BCUT2D eigenvalue weighted by Crippen LogP contribution is 2.05. The molecule has 0 atom stereocenters. The molecule has 15 heavy (non-hydrogen) atoms. The fourth-order valence-electron chi connectivity index (χ4n) is 1.22. The zero-order valence-corrected chi connectivity index (χ0v) is 9.32. The minimum absolute atomic E-state index is 0.199. The van der Waals surface area contributed by atoms with Crippen molar-refractivity contribution in [3.8, 4) is 0 Å². The van der Waals surface area contributed by atoms with Crippen LogP contribution in [0.15, 0.2) is 10.6 Å². The lowest BCUT2D eigenvalue weighted by molar-refractivity contribution is -0.140. The maximum Gasteiger partial charge on any atom is 0.306 e. The van der Waals surface area contributed by atoms with Crippen molar-refractivity contribution < 1.29 is 14.1 Å². The monoisotopic (exact) mass is 212 g/mol. The van der Waals surface area contributed by atoms with Crippen LogP contribution in [0.3, 0.4) is 0 Å². The first kappa shape index (κ1) is 11.7. The zero-order valence-electron chi connectivity index (χ0n) is 9.32. The fourth-order valence-corrected chi connectivity index (χ4v) is 1.22. The van der Waals surface area contributed by atoms with E-state index in [0.717, 1.165) is 11.5 Å². The van der Waals surface area contributed by atoms with Crippen molar-refractivity contribution in [3.63, 3.8) is 0 Å². The molecule has 0 unspecified atom stereocenters. The number of esters is 1. The summed E-state index contributed by atoms with van der Waals surface area (Å²) in [5, 5.41) is 3.79. The first-order valence-electron chi connectivity index (χ1n) is 4.79. The van der Waals surface area contributed by atoms with E-state index >= 15 is 0 Å². The summed E-state index contributed by atoms with van der Waals surface area (Å²) >= 11 is 0. The molecule has 0 fully saturated rings. The van der Waals surface area contributed by atoms with E-state index in [1.54, 1.807) is 0 Å². The summed E-state index contributed by atoms with van der Waals surface area (Å²) in [4.78, 5) is 12.9. The minimum Gasteiger partial charge on any atom is -0.469 e. The second-order valence-corrected chi connectivity index (χ2v) is 3.50. The predicted octanol–water partition coefficient (Wildman–Crippen LogP) is 0.978. The Labute approximate surface area is 89.0 Å². The van der Waals surface area contributed by atoms with E-state index < -0.39 is 0 Å². The Morgan fingerprint density at radius 3 is 2.93 bits per heavy atom. The van der Waals surface area contributed by atoms with E-state index in [-0.39, 0.29) is 5.97 Å². The van der Waals surface area contributed by atoms with E-state index in [0.29, 0.717) is 19.5 Å². The van der Waals surface area contributed by atoms with Gasteiger partial charge in [-0.3, -0.25) is 9.69 Å². The van der Waals surface area contributed by atoms with Crippen molar-refractivity contribution in [1.29, 1.82) is 0 Å². The molecule has 1 heterocycles. The lowest BCUT2D eigenvalue weighted by Crippen LogP contribution is -2.21. The van der Waals surface area contributed by atoms with Gasteiger partial charge in [-0.1, -0.05) is 5.16 Å². The molecule has 0 aromatic carbocycles. The van der Waals surface area contributed by atoms with Gasteiger partial charge in [0.05, 0.1) is 25.8 Å². The van der Waals surface area contributed by atoms with Gasteiger partial charge in [-0.05, 0) is 14.0 Å². The standard InChI is InChI=1S/C10H16N2O3/c1-8-6-9(15-11-8)7-12(2)5-4-10(13)14-3/h6H,4-5,7H2,1-3H3. The summed E-state index contributed by atoms with van der Waals surface area (Å²) in [6, 6.07) is 1.88. The summed E-state index contributed by atoms with van der Waals surface area (Å²) in [6.45, 7) is 3.17. The van der Waals surface area contributed by atoms with Gasteiger partial charge in [0, 0.05) is 12.6 Å². The lowest BCUT2D eigenvalue weighted by Gasteiger charge is -2.13. The van der Waals surface area contributed by atoms with E-state index in [1.807, 2.05) is 24.9 Å². The van der Waals surface area contributed by atoms with Gasteiger partial charge in [-0.25, -0.2) is 0 Å². The number of hydrogen-bond donors (Lipinski definition) is 0. The molecule has 0 aliphatic heterocycles. The van der Waals surface area contributed by atoms with E-state index in [2.05, 4.69) is 9.89 Å². The third kappa shape index (κ3) is 4.12. The van der Waals surface area contributed by atoms with Crippen LogP contribution < -0.4 is 0 Å². The Morgan fingerprint density at radius 1 is 1.67 bits per heavy atom. The summed E-state index contributed by atoms with van der Waals surface area (Å²) in [7, 11) is 3.31. The topological polar surface area (TPSA) is 55.6 Å². The second kappa shape index (κ2) is 5.50. The summed E-state index contributed by atoms with van der Waals surface area (Å²) in [6.07, 6.45) is 0.389. The number of carbonyl (C=O) groups is 1. The molecule has 0 N–H and O–H groups in total. The molecular weight excluding hydrogens is 196 g/mol. The number of methoxy groups -OCH3 is 1. The Hall–Kier alpha value is -1.36. The predicted molar refractivity (Wildman–Crippen MR) is 54.2 cm³/mol. The lowest BCUT2D eigenvalue weighted by atomic mass is 10.3. The van der Waals surface area contributed by atoms with Crippen molar-refractivity contribution in [2.24, 2.45) is 0 Å². The van der Waals surface area contributed by atoms with Gasteiger partial charge in [0.1, 0.15) is 0 Å². The number of ether oxygens (including phenoxy) is 1. The number of aryl methyl sites for hydroxylation is 1. The SMILES string of the molecule is COC(=O)CCN(C)Cc1cc(C)no1. The molecular formula is C10H16N2O3. The van der Waals surface area contributed by atoms with E-state index in [1.165, 1.54) is 7.11 Å². The average Bonchev–Trinajstić information content (AvgIpc) is 2.60. The minimum atomic E-state index is -0.199. The van der Waals surface area contributed by atoms with Gasteiger partial charge < -0.3 is 9.26 Å². The van der Waals surface area contributed by atoms with E-state index in [9.17, 15) is 4.79 Å². The molecule has 1 aromatic rings. The highest BCUT2D eigenvalue weighted by molar-refractivity contribution is 5.69. The third-order valence-corrected chi connectivity index (χ3v) is 2.03. The molecule has 84 valence electrons. The molecule has 1 rings (SSSR count). The number of carbonyl (C=O) groups excluding carboxylic acids is 1. The van der Waals surface area contributed by atoms with Crippen molar-refractivity contribution in [2.45, 2.75) is 19.9 Å². The fraction of sp³-hybridized carbons (Fsp3) is 0.600. The van der Waals surface area contributed by atoms with Crippen LogP contribution >= 0.6 is 0 Å². The van der Waals surface area contributed by atoms with Gasteiger partial charge in [0.2, 0.25) is 0 Å². The number of aromatic nitrogens is 1. The molecule has 0 aliphatic carbocycles. The average molecular weight is 212 g/mol. The normalized spacial score (nSPS) is 10.7. The zero-order chi connectivity index (χ0) is 11.3. The molecule has 0 aliphatic rings. The Balaban J connectivity index is 2.30. The molecule has 0 saturated carbocycles. The maximum absolute atomic E-state index is 10.9. The van der Waals surface area contributed by atoms with Crippen LogP contribution in [0, 0.1) is 6.92 Å². The molecule has 0 amide bonds. The molecule has 0 radical (unpaired) electrons. The first-order valence-corrected chi connectivity index (χ1v) is 4.79. The highest BCUT2D eigenvalue weighted by atomic mass is 16.5. The number of nitrogens with zero attached hydrogens (tertiary/aromatic N) is 2. The van der Waals surface area contributed by atoms with Crippen molar-refractivity contribution in [3.05, 3.63) is 17.5 Å². The summed E-state index contributed by atoms with van der Waals surface area (Å²) in [5.41, 5.74) is 0.867. The molecule has 5 heteroatoms. The van der Waals surface area contributed by atoms with Gasteiger partial charge in [0.25, 0.3) is 0 Å². The van der Waals surface area contributed by atoms with Gasteiger partial charge >= 0.3 is 5.97 Å². The van der Waals surface area contributed by atoms with Crippen LogP contribution in [0.25, 0.3) is 0 Å². The number of rotatable bonds is 5. The van der Waals surface area contributed by atoms with Crippen LogP contribution in [-0.4, -0.2) is 36.7 Å². The maximum atomic E-state index is 10.9. The molecule has 1 aromatic heterocycles. The van der Waals surface area contributed by atoms with Gasteiger partial charge in [-0.2, -0.15) is 0 Å². The van der Waals surface area contributed by atoms with Crippen molar-refractivity contribution >= 4 is 5.97 Å². The quantitative estimate of drug-likeness (QED) is 0.681. The van der Waals surface area contributed by atoms with Gasteiger partial charge in [0.15, 0.2) is 5.76 Å². The van der Waals surface area contributed by atoms with Crippen molar-refractivity contribution in [1.82, 2.24) is 10.1 Å². The van der Waals surface area contributed by atoms with Crippen molar-refractivity contribution in [2.75, 3.05) is 20.7 Å². The Morgan fingerprint density at radius 2 is 2.40 bits per heavy atom. The summed E-state index contributed by atoms with van der Waals surface area (Å²) < 4.78 is 9.61. The molecule has 0 bridgehead atoms. The largest absolute Gasteiger partial charge is 0.469 e. The summed E-state index contributed by atoms with van der Waals surface area (Å²) in [5.74, 6) is 0.607. The Bertz CT molecular complexity index is 322. The second-order valence-electron chi connectivity index (χ2n) is 3.50. The van der Waals surface area contributed by atoms with Crippen LogP contribution in [0.4, 0.5) is 0 Å². The van der Waals surface area contributed by atoms with Crippen LogP contribution in [0.5, 0.6) is 0 Å². The number of hydrogen-bond acceptors (Lipinski definition) is 5. The smallest absolute Gasteiger partial charge is 0.306 e. The van der Waals surface area contributed by atoms with Crippen LogP contribution in [-0.2, 0) is 16.1 Å². The first-order chi connectivity index (χ1) is 7.11. The molecule has 0 spiro atoms. The highest BCUT2D eigenvalue weighted by Gasteiger charge is 2.07. The Kier molecular flexibility index (Phi) is 4.30. The van der Waals surface area contributed by atoms with E-state index in [4.69, 9.17) is 4.52 Å². The molecule has 5 nitrogen and oxygen atoms in total. The van der Waals surface area contributed by atoms with Crippen LogP contribution in [0.1, 0.15) is 17.9 Å². The third-order valence-electron chi connectivity index (χ3n) is 2.03. The van der Waals surface area contributed by atoms with Crippen LogP contribution in [0.2, 0.25) is 0 Å². The molecule has 0 saturated heterocycles. The van der Waals surface area contributed by atoms with Gasteiger partial charge in [-0.15, -0.1) is 0 Å².